The van der Waals surface area contributed by atoms with E-state index in [1.807, 2.05) is 0 Å². The summed E-state index contributed by atoms with van der Waals surface area (Å²) in [6.07, 6.45) is 0. The lowest BCUT2D eigenvalue weighted by molar-refractivity contribution is 0.631. The zero-order chi connectivity index (χ0) is 10.1. The fourth-order valence-corrected chi connectivity index (χ4v) is 1.99. The van der Waals surface area contributed by atoms with Crippen molar-refractivity contribution in [3.63, 3.8) is 0 Å². The highest BCUT2D eigenvalue weighted by atomic mass is 35.5. The van der Waals surface area contributed by atoms with E-state index in [9.17, 15) is 4.39 Å². The fourth-order valence-electron chi connectivity index (χ4n) is 0.977. The smallest absolute Gasteiger partial charge is 0.206 e. The van der Waals surface area contributed by atoms with Crippen LogP contribution in [0.25, 0.3) is 10.6 Å². The summed E-state index contributed by atoms with van der Waals surface area (Å²) >= 11 is 12.3. The molecule has 0 aliphatic carbocycles. The van der Waals surface area contributed by atoms with E-state index in [2.05, 4.69) is 10.2 Å². The van der Waals surface area contributed by atoms with E-state index in [1.165, 1.54) is 6.07 Å². The highest BCUT2D eigenvalue weighted by Gasteiger charge is 2.10. The van der Waals surface area contributed by atoms with Crippen molar-refractivity contribution in [2.45, 2.75) is 0 Å². The first kappa shape index (κ1) is 9.83. The van der Waals surface area contributed by atoms with Crippen molar-refractivity contribution < 1.29 is 4.39 Å². The summed E-state index contributed by atoms with van der Waals surface area (Å²) in [6, 6.07) is 4.37. The SMILES string of the molecule is Fc1cc(Cl)ccc1-c1nnc(Cl)s1. The molecule has 0 aliphatic heterocycles. The molecule has 0 unspecified atom stereocenters. The largest absolute Gasteiger partial charge is 0.207 e. The number of nitrogens with zero attached hydrogens (tertiary/aromatic N) is 2. The maximum atomic E-state index is 13.4. The summed E-state index contributed by atoms with van der Waals surface area (Å²) < 4.78 is 13.6. The molecule has 1 aromatic carbocycles. The Balaban J connectivity index is 2.52. The average molecular weight is 249 g/mol. The quantitative estimate of drug-likeness (QED) is 0.770. The van der Waals surface area contributed by atoms with Crippen molar-refractivity contribution in [3.8, 4) is 10.6 Å². The first-order valence-corrected chi connectivity index (χ1v) is 5.18. The third kappa shape index (κ3) is 1.87. The molecule has 0 spiro atoms. The van der Waals surface area contributed by atoms with Crippen LogP contribution in [0.5, 0.6) is 0 Å². The number of hydrogen-bond acceptors (Lipinski definition) is 3. The lowest BCUT2D eigenvalue weighted by Crippen LogP contribution is -1.83. The molecule has 0 aliphatic rings. The third-order valence-electron chi connectivity index (χ3n) is 1.56. The van der Waals surface area contributed by atoms with Gasteiger partial charge in [0.15, 0.2) is 5.01 Å². The fraction of sp³-hybridized carbons (Fsp3) is 0. The lowest BCUT2D eigenvalue weighted by atomic mass is 10.2. The molecule has 2 nitrogen and oxygen atoms in total. The van der Waals surface area contributed by atoms with Crippen LogP contribution in [0.2, 0.25) is 9.49 Å². The number of benzene rings is 1. The van der Waals surface area contributed by atoms with Gasteiger partial charge in [0.25, 0.3) is 0 Å². The van der Waals surface area contributed by atoms with Gasteiger partial charge in [-0.2, -0.15) is 0 Å². The molecule has 0 bridgehead atoms. The van der Waals surface area contributed by atoms with Gasteiger partial charge < -0.3 is 0 Å². The molecule has 0 saturated carbocycles. The van der Waals surface area contributed by atoms with Gasteiger partial charge >= 0.3 is 0 Å². The van der Waals surface area contributed by atoms with Crippen LogP contribution in [0.1, 0.15) is 0 Å². The molecule has 72 valence electrons. The van der Waals surface area contributed by atoms with Crippen LogP contribution in [0.3, 0.4) is 0 Å². The Bertz CT molecular complexity index is 472. The van der Waals surface area contributed by atoms with Gasteiger partial charge in [0, 0.05) is 10.6 Å². The molecule has 0 saturated heterocycles. The first-order chi connectivity index (χ1) is 6.66. The van der Waals surface area contributed by atoms with E-state index in [-0.39, 0.29) is 4.47 Å². The van der Waals surface area contributed by atoms with E-state index in [0.29, 0.717) is 15.6 Å². The van der Waals surface area contributed by atoms with Gasteiger partial charge in [-0.25, -0.2) is 4.39 Å². The normalized spacial score (nSPS) is 10.5. The van der Waals surface area contributed by atoms with E-state index in [1.54, 1.807) is 12.1 Å². The second-order valence-electron chi connectivity index (χ2n) is 2.48. The molecule has 0 fully saturated rings. The van der Waals surface area contributed by atoms with Gasteiger partial charge in [0.1, 0.15) is 5.82 Å². The second-order valence-corrected chi connectivity index (χ2v) is 4.48. The van der Waals surface area contributed by atoms with E-state index >= 15 is 0 Å². The minimum absolute atomic E-state index is 0.286. The molecular weight excluding hydrogens is 246 g/mol. The molecule has 0 N–H and O–H groups in total. The Kier molecular flexibility index (Phi) is 2.67. The van der Waals surface area contributed by atoms with Gasteiger partial charge in [0.05, 0.1) is 0 Å². The van der Waals surface area contributed by atoms with Crippen molar-refractivity contribution in [2.24, 2.45) is 0 Å². The van der Waals surface area contributed by atoms with Gasteiger partial charge in [0.2, 0.25) is 4.47 Å². The predicted molar refractivity (Wildman–Crippen MR) is 55.3 cm³/mol. The van der Waals surface area contributed by atoms with Crippen molar-refractivity contribution in [3.05, 3.63) is 33.5 Å². The van der Waals surface area contributed by atoms with Gasteiger partial charge in [-0.05, 0) is 29.8 Å². The molecule has 2 aromatic rings. The standard InChI is InChI=1S/C8H3Cl2FN2S/c9-4-1-2-5(6(11)3-4)7-12-13-8(10)14-7/h1-3H. The third-order valence-corrected chi connectivity index (χ3v) is 2.85. The van der Waals surface area contributed by atoms with Crippen molar-refractivity contribution >= 4 is 34.5 Å². The predicted octanol–water partition coefficient (Wildman–Crippen LogP) is 3.65. The molecule has 0 atom stereocenters. The lowest BCUT2D eigenvalue weighted by Gasteiger charge is -1.97. The van der Waals surface area contributed by atoms with Gasteiger partial charge in [-0.3, -0.25) is 0 Å². The Morgan fingerprint density at radius 2 is 2.00 bits per heavy atom. The molecule has 6 heteroatoms. The van der Waals surface area contributed by atoms with E-state index in [0.717, 1.165) is 11.3 Å². The first-order valence-electron chi connectivity index (χ1n) is 3.61. The molecule has 2 rings (SSSR count). The Hall–Kier alpha value is -0.710. The number of aromatic nitrogens is 2. The van der Waals surface area contributed by atoms with E-state index in [4.69, 9.17) is 23.2 Å². The van der Waals surface area contributed by atoms with Crippen LogP contribution in [0.15, 0.2) is 18.2 Å². The summed E-state index contributed by atoms with van der Waals surface area (Å²) in [4.78, 5) is 0. The maximum absolute atomic E-state index is 13.4. The topological polar surface area (TPSA) is 25.8 Å². The van der Waals surface area contributed by atoms with Crippen LogP contribution in [0.4, 0.5) is 4.39 Å². The highest BCUT2D eigenvalue weighted by molar-refractivity contribution is 7.18. The van der Waals surface area contributed by atoms with Crippen molar-refractivity contribution in [2.75, 3.05) is 0 Å². The zero-order valence-corrected chi connectivity index (χ0v) is 9.00. The maximum Gasteiger partial charge on any atom is 0.207 e. The summed E-state index contributed by atoms with van der Waals surface area (Å²) in [5, 5.41) is 8.12. The zero-order valence-electron chi connectivity index (χ0n) is 6.67. The average Bonchev–Trinajstić information content (AvgIpc) is 2.51. The van der Waals surface area contributed by atoms with Gasteiger partial charge in [-0.1, -0.05) is 22.9 Å². The van der Waals surface area contributed by atoms with E-state index < -0.39 is 5.82 Å². The monoisotopic (exact) mass is 248 g/mol. The van der Waals surface area contributed by atoms with Crippen molar-refractivity contribution in [1.29, 1.82) is 0 Å². The minimum Gasteiger partial charge on any atom is -0.206 e. The summed E-state index contributed by atoms with van der Waals surface area (Å²) in [5.74, 6) is -0.426. The summed E-state index contributed by atoms with van der Waals surface area (Å²) in [6.45, 7) is 0. The highest BCUT2D eigenvalue weighted by Crippen LogP contribution is 2.29. The van der Waals surface area contributed by atoms with Crippen LogP contribution >= 0.6 is 34.5 Å². The van der Waals surface area contributed by atoms with Crippen LogP contribution in [-0.2, 0) is 0 Å². The number of hydrogen-bond donors (Lipinski definition) is 0. The Labute approximate surface area is 93.3 Å². The molecule has 0 radical (unpaired) electrons. The molecule has 0 amide bonds. The summed E-state index contributed by atoms with van der Waals surface area (Å²) in [5.41, 5.74) is 0.360. The second kappa shape index (κ2) is 3.81. The molecule has 1 aromatic heterocycles. The van der Waals surface area contributed by atoms with Crippen LogP contribution < -0.4 is 0 Å². The Morgan fingerprint density at radius 1 is 1.21 bits per heavy atom. The Morgan fingerprint density at radius 3 is 2.57 bits per heavy atom. The van der Waals surface area contributed by atoms with Crippen LogP contribution in [-0.4, -0.2) is 10.2 Å². The number of halogens is 3. The van der Waals surface area contributed by atoms with Crippen molar-refractivity contribution in [1.82, 2.24) is 10.2 Å². The molecular formula is C8H3Cl2FN2S. The molecule has 14 heavy (non-hydrogen) atoms. The van der Waals surface area contributed by atoms with Gasteiger partial charge in [-0.15, -0.1) is 10.2 Å². The minimum atomic E-state index is -0.426. The van der Waals surface area contributed by atoms with Crippen LogP contribution in [0, 0.1) is 5.82 Å². The molecule has 1 heterocycles. The number of rotatable bonds is 1. The summed E-state index contributed by atoms with van der Waals surface area (Å²) in [7, 11) is 0.